The van der Waals surface area contributed by atoms with Crippen LogP contribution < -0.4 is 4.74 Å². The minimum atomic E-state index is 0.184. The van der Waals surface area contributed by atoms with E-state index in [9.17, 15) is 5.11 Å². The number of benzene rings is 1. The predicted molar refractivity (Wildman–Crippen MR) is 97.4 cm³/mol. The first-order valence-corrected chi connectivity index (χ1v) is 9.10. The summed E-state index contributed by atoms with van der Waals surface area (Å²) in [6, 6.07) is 8.56. The predicted octanol–water partition coefficient (Wildman–Crippen LogP) is 3.01. The van der Waals surface area contributed by atoms with Gasteiger partial charge >= 0.3 is 0 Å². The molecule has 2 atom stereocenters. The molecule has 0 amide bonds. The summed E-state index contributed by atoms with van der Waals surface area (Å²) in [6.07, 6.45) is 5.39. The molecule has 0 aliphatic carbocycles. The normalized spacial score (nSPS) is 21.9. The van der Waals surface area contributed by atoms with Gasteiger partial charge in [-0.15, -0.1) is 0 Å². The van der Waals surface area contributed by atoms with E-state index < -0.39 is 0 Å². The number of phenols is 1. The fourth-order valence-electron chi connectivity index (χ4n) is 4.58. The van der Waals surface area contributed by atoms with Crippen molar-refractivity contribution in [1.29, 1.82) is 0 Å². The number of nitrogens with zero attached hydrogens (tertiary/aromatic N) is 4. The Labute approximate surface area is 152 Å². The van der Waals surface area contributed by atoms with E-state index in [1.165, 1.54) is 17.7 Å². The summed E-state index contributed by atoms with van der Waals surface area (Å²) >= 11 is 0. The molecule has 4 heterocycles. The van der Waals surface area contributed by atoms with Gasteiger partial charge in [0.1, 0.15) is 0 Å². The quantitative estimate of drug-likeness (QED) is 0.787. The number of hydrogen-bond donors (Lipinski definition) is 1. The molecule has 5 rings (SSSR count). The van der Waals surface area contributed by atoms with Crippen molar-refractivity contribution in [3.63, 3.8) is 0 Å². The van der Waals surface area contributed by atoms with Crippen LogP contribution in [0.5, 0.6) is 11.5 Å². The lowest BCUT2D eigenvalue weighted by Crippen LogP contribution is -2.38. The van der Waals surface area contributed by atoms with Gasteiger partial charge in [0.2, 0.25) is 0 Å². The molecule has 6 heteroatoms. The highest BCUT2D eigenvalue weighted by Crippen LogP contribution is 2.44. The number of aryl methyl sites for hydroxylation is 1. The summed E-state index contributed by atoms with van der Waals surface area (Å²) in [7, 11) is 1.59. The minimum Gasteiger partial charge on any atom is -0.504 e. The zero-order valence-corrected chi connectivity index (χ0v) is 15.0. The molecule has 26 heavy (non-hydrogen) atoms. The second-order valence-electron chi connectivity index (χ2n) is 7.35. The zero-order valence-electron chi connectivity index (χ0n) is 15.0. The van der Waals surface area contributed by atoms with Gasteiger partial charge in [-0.05, 0) is 37.5 Å². The van der Waals surface area contributed by atoms with E-state index >= 15 is 0 Å². The molecule has 1 fully saturated rings. The third-order valence-corrected chi connectivity index (χ3v) is 5.78. The molecule has 0 radical (unpaired) electrons. The molecule has 2 bridgehead atoms. The Hall–Kier alpha value is -2.60. The first-order chi connectivity index (χ1) is 12.6. The van der Waals surface area contributed by atoms with Gasteiger partial charge in [0.25, 0.3) is 0 Å². The van der Waals surface area contributed by atoms with Gasteiger partial charge in [0.05, 0.1) is 18.5 Å². The highest BCUT2D eigenvalue weighted by molar-refractivity contribution is 5.45. The number of rotatable bonds is 3. The fraction of sp³-hybridized carbons (Fsp3) is 0.400. The van der Waals surface area contributed by atoms with Gasteiger partial charge in [-0.25, -0.2) is 9.50 Å². The van der Waals surface area contributed by atoms with Crippen LogP contribution in [0.1, 0.15) is 41.4 Å². The van der Waals surface area contributed by atoms with Crippen molar-refractivity contribution in [3.8, 4) is 11.5 Å². The average molecular weight is 350 g/mol. The highest BCUT2D eigenvalue weighted by Gasteiger charge is 2.41. The Kier molecular flexibility index (Phi) is 3.43. The van der Waals surface area contributed by atoms with Gasteiger partial charge in [-0.2, -0.15) is 5.10 Å². The van der Waals surface area contributed by atoms with Crippen molar-refractivity contribution in [2.45, 2.75) is 44.8 Å². The van der Waals surface area contributed by atoms with Gasteiger partial charge in [0, 0.05) is 42.9 Å². The number of aromatic hydroxyl groups is 1. The molecular formula is C20H22N4O2. The van der Waals surface area contributed by atoms with Gasteiger partial charge in [0.15, 0.2) is 17.1 Å². The highest BCUT2D eigenvalue weighted by atomic mass is 16.5. The monoisotopic (exact) mass is 350 g/mol. The maximum absolute atomic E-state index is 9.83. The van der Waals surface area contributed by atoms with Crippen molar-refractivity contribution >= 4 is 5.65 Å². The topological polar surface area (TPSA) is 62.9 Å². The molecule has 1 saturated heterocycles. The standard InChI is InChI=1S/C20H22N4O2/c1-12-7-20-21-10-15-16-5-4-14(9-17(15)24(20)22-12)23(16)11-13-3-6-18(25)19(8-13)26-2/h3,6-8,10,14,16,25H,4-5,9,11H2,1-2H3/t14-,16+/m1/s1. The number of ether oxygens (including phenoxy) is 1. The summed E-state index contributed by atoms with van der Waals surface area (Å²) in [5.74, 6) is 0.714. The maximum atomic E-state index is 9.83. The number of methoxy groups -OCH3 is 1. The third kappa shape index (κ3) is 2.29. The molecule has 0 unspecified atom stereocenters. The van der Waals surface area contributed by atoms with Crippen LogP contribution in [0.2, 0.25) is 0 Å². The molecule has 0 saturated carbocycles. The van der Waals surface area contributed by atoms with Crippen LogP contribution in [0.3, 0.4) is 0 Å². The second kappa shape index (κ2) is 5.71. The van der Waals surface area contributed by atoms with Crippen molar-refractivity contribution in [2.24, 2.45) is 0 Å². The third-order valence-electron chi connectivity index (χ3n) is 5.78. The fourth-order valence-corrected chi connectivity index (χ4v) is 4.58. The lowest BCUT2D eigenvalue weighted by Gasteiger charge is -2.36. The molecule has 2 aliphatic heterocycles. The van der Waals surface area contributed by atoms with E-state index in [1.54, 1.807) is 13.2 Å². The number of aromatic nitrogens is 3. The Morgan fingerprint density at radius 1 is 1.27 bits per heavy atom. The second-order valence-corrected chi connectivity index (χ2v) is 7.35. The van der Waals surface area contributed by atoms with E-state index in [2.05, 4.69) is 15.0 Å². The van der Waals surface area contributed by atoms with Crippen LogP contribution in [0, 0.1) is 6.92 Å². The minimum absolute atomic E-state index is 0.184. The number of hydrogen-bond acceptors (Lipinski definition) is 5. The van der Waals surface area contributed by atoms with E-state index in [4.69, 9.17) is 4.74 Å². The van der Waals surface area contributed by atoms with E-state index in [1.807, 2.05) is 35.8 Å². The zero-order chi connectivity index (χ0) is 17.8. The number of fused-ring (bicyclic) bond motifs is 6. The maximum Gasteiger partial charge on any atom is 0.160 e. The number of phenolic OH excluding ortho intramolecular Hbond substituents is 1. The Morgan fingerprint density at radius 2 is 2.15 bits per heavy atom. The molecule has 134 valence electrons. The van der Waals surface area contributed by atoms with Gasteiger partial charge < -0.3 is 9.84 Å². The van der Waals surface area contributed by atoms with Gasteiger partial charge in [-0.3, -0.25) is 4.90 Å². The van der Waals surface area contributed by atoms with Crippen LogP contribution in [0.15, 0.2) is 30.5 Å². The molecule has 3 aromatic rings. The first-order valence-electron chi connectivity index (χ1n) is 9.10. The summed E-state index contributed by atoms with van der Waals surface area (Å²) in [5, 5.41) is 14.5. The van der Waals surface area contributed by atoms with E-state index in [0.717, 1.165) is 36.3 Å². The van der Waals surface area contributed by atoms with Crippen LogP contribution in [-0.2, 0) is 13.0 Å². The average Bonchev–Trinajstić information content (AvgIpc) is 3.14. The summed E-state index contributed by atoms with van der Waals surface area (Å²) in [6.45, 7) is 2.87. The lowest BCUT2D eigenvalue weighted by molar-refractivity contribution is 0.165. The van der Waals surface area contributed by atoms with E-state index in [0.29, 0.717) is 17.8 Å². The summed E-state index contributed by atoms with van der Waals surface area (Å²) < 4.78 is 7.30. The molecule has 0 spiro atoms. The van der Waals surface area contributed by atoms with Crippen molar-refractivity contribution in [3.05, 3.63) is 53.0 Å². The first kappa shape index (κ1) is 15.6. The van der Waals surface area contributed by atoms with Crippen LogP contribution in [-0.4, -0.2) is 37.8 Å². The molecule has 2 aliphatic rings. The lowest BCUT2D eigenvalue weighted by atomic mass is 9.98. The largest absolute Gasteiger partial charge is 0.504 e. The van der Waals surface area contributed by atoms with Crippen LogP contribution >= 0.6 is 0 Å². The Balaban J connectivity index is 1.51. The molecular weight excluding hydrogens is 328 g/mol. The molecule has 1 N–H and O–H groups in total. The van der Waals surface area contributed by atoms with Crippen molar-refractivity contribution < 1.29 is 9.84 Å². The van der Waals surface area contributed by atoms with Crippen LogP contribution in [0.25, 0.3) is 5.65 Å². The summed E-state index contributed by atoms with van der Waals surface area (Å²) in [4.78, 5) is 7.20. The summed E-state index contributed by atoms with van der Waals surface area (Å²) in [5.41, 5.74) is 5.73. The SMILES string of the molecule is COc1cc(CN2[C@@H]3CC[C@H]2c2cnc4cc(C)nn4c2C3)ccc1O. The van der Waals surface area contributed by atoms with Gasteiger partial charge in [-0.1, -0.05) is 6.07 Å². The molecule has 1 aromatic carbocycles. The smallest absolute Gasteiger partial charge is 0.160 e. The van der Waals surface area contributed by atoms with Crippen molar-refractivity contribution in [2.75, 3.05) is 7.11 Å². The Bertz CT molecular complexity index is 997. The van der Waals surface area contributed by atoms with E-state index in [-0.39, 0.29) is 5.75 Å². The van der Waals surface area contributed by atoms with Crippen molar-refractivity contribution in [1.82, 2.24) is 19.5 Å². The molecule has 6 nitrogen and oxygen atoms in total. The Morgan fingerprint density at radius 3 is 3.00 bits per heavy atom. The molecule has 2 aromatic heterocycles. The van der Waals surface area contributed by atoms with Crippen LogP contribution in [0.4, 0.5) is 0 Å².